The van der Waals surface area contributed by atoms with Gasteiger partial charge in [0.25, 0.3) is 46.4 Å². The molecule has 0 radical (unpaired) electrons. The molecule has 8 rings (SSSR count). The summed E-state index contributed by atoms with van der Waals surface area (Å²) < 4.78 is 78.3. The molecule has 4 aromatic rings. The number of benzene rings is 4. The molecule has 0 bridgehead atoms. The molecule has 4 fully saturated rings. The van der Waals surface area contributed by atoms with Crippen LogP contribution in [-0.2, 0) is 23.2 Å². The lowest BCUT2D eigenvalue weighted by Gasteiger charge is -2.38. The molecule has 0 aliphatic carbocycles. The van der Waals surface area contributed by atoms with Crippen LogP contribution in [0, 0.1) is 40.5 Å². The number of ether oxygens (including phenoxy) is 9. The number of alkyl halides is 1. The minimum absolute atomic E-state index is 0.0250. The van der Waals surface area contributed by atoms with Crippen LogP contribution >= 0.6 is 0 Å². The summed E-state index contributed by atoms with van der Waals surface area (Å²) in [5.41, 5.74) is -0.00731. The van der Waals surface area contributed by atoms with Crippen molar-refractivity contribution in [3.8, 4) is 46.0 Å². The molecule has 34 nitrogen and oxygen atoms in total. The van der Waals surface area contributed by atoms with E-state index in [-0.39, 0.29) is 156 Å². The first-order valence-electron chi connectivity index (χ1n) is 38.4. The average molecular weight is 1670 g/mol. The van der Waals surface area contributed by atoms with E-state index in [9.17, 15) is 78.7 Å². The zero-order valence-electron chi connectivity index (χ0n) is 70.2. The second-order valence-electron chi connectivity index (χ2n) is 31.5. The largest absolute Gasteiger partial charge is 0.493 e. The normalized spacial score (nSPS) is 16.9. The Balaban J connectivity index is 0.000000355. The van der Waals surface area contributed by atoms with Crippen LogP contribution in [0.5, 0.6) is 46.0 Å². The molecule has 0 saturated carbocycles. The van der Waals surface area contributed by atoms with Gasteiger partial charge in [-0.3, -0.25) is 64.0 Å². The van der Waals surface area contributed by atoms with Gasteiger partial charge in [-0.25, -0.2) is 9.59 Å². The number of nitro groups is 4. The Labute approximate surface area is 683 Å². The van der Waals surface area contributed by atoms with Crippen LogP contribution in [0.25, 0.3) is 0 Å². The van der Waals surface area contributed by atoms with Crippen molar-refractivity contribution < 1.29 is 111 Å². The maximum Gasteiger partial charge on any atom is 0.328 e. The van der Waals surface area contributed by atoms with Crippen molar-refractivity contribution in [3.05, 3.63) is 160 Å². The maximum atomic E-state index is 13.9. The van der Waals surface area contributed by atoms with E-state index in [2.05, 4.69) is 94.0 Å². The molecule has 37 heteroatoms. The van der Waals surface area contributed by atoms with Gasteiger partial charge in [0, 0.05) is 63.3 Å². The molecule has 1 N–H and O–H groups in total. The molecule has 4 atom stereocenters. The summed E-state index contributed by atoms with van der Waals surface area (Å²) in [6, 6.07) is 6.84. The number of carbonyl (C=O) groups is 6. The summed E-state index contributed by atoms with van der Waals surface area (Å²) in [6.45, 7) is 38.7. The molecule has 4 aliphatic heterocycles. The van der Waals surface area contributed by atoms with Crippen LogP contribution < -0.4 is 37.9 Å². The first kappa shape index (κ1) is 93.1. The standard InChI is InChI=1S/C40H54N4O13Si.C39H52N4O13Si.CH3F/c1-25-16-27(24-57-58(9,10)40(3,4)5)41(22-25)37(45)28-18-33(52-6)35(20-30(28)43(48)49)55-14-12-11-13-15-56-36-21-31(44(50)51)29(19-34(36)53-7)38(46)42-23-26(2)17-32(42)39(47)54-8;1-24-15-26(23-56-57(8,9)39(3,4)5)40(21-24)36(44)27-17-32(52-6)34(19-29(27)42(48)49)54-13-11-10-12-14-55-35-20-30(43(50)51)28(18-33(35)53-7)37(45)41-22-25(2)16-31(41)38(46)47;1-2/h18-21,27,32H,1-2,11-17,22-24H2,3-10H3;17-20,26,31H,1-2,10-16,21-23H2,3-9H3,(H,46,47);1H3/t27-,32-;26-,31-;/m00./s1/i;;1D. The molecule has 4 aromatic carbocycles. The fourth-order valence-electron chi connectivity index (χ4n) is 12.8. The molecular weight excluding hydrogens is 1560 g/mol. The Bertz CT molecular complexity index is 4450. The quantitative estimate of drug-likeness (QED) is 0.0110. The fourth-order valence-corrected chi connectivity index (χ4v) is 14.9. The molecule has 0 aromatic heterocycles. The smallest absolute Gasteiger partial charge is 0.328 e. The lowest BCUT2D eigenvalue weighted by Crippen LogP contribution is -2.46. The first-order valence-corrected chi connectivity index (χ1v) is 43.5. The van der Waals surface area contributed by atoms with Crippen LogP contribution in [0.15, 0.2) is 97.1 Å². The van der Waals surface area contributed by atoms with Crippen LogP contribution in [-0.4, -0.2) is 229 Å². The van der Waals surface area contributed by atoms with Gasteiger partial charge >= 0.3 is 11.9 Å². The number of methoxy groups -OCH3 is 5. The number of unbranched alkanes of at least 4 members (excludes halogenated alkanes) is 4. The Hall–Kier alpha value is -11.1. The third-order valence-electron chi connectivity index (χ3n) is 21.4. The van der Waals surface area contributed by atoms with Gasteiger partial charge in [0.05, 0.1) is 140 Å². The van der Waals surface area contributed by atoms with Gasteiger partial charge < -0.3 is 76.2 Å². The summed E-state index contributed by atoms with van der Waals surface area (Å²) in [7, 11) is 1.35. The minimum Gasteiger partial charge on any atom is -0.493 e. The molecule has 0 unspecified atom stereocenters. The van der Waals surface area contributed by atoms with E-state index in [1.165, 1.54) is 76.8 Å². The molecule has 0 spiro atoms. The molecule has 640 valence electrons. The van der Waals surface area contributed by atoms with E-state index in [0.717, 1.165) is 28.2 Å². The van der Waals surface area contributed by atoms with E-state index in [1.807, 2.05) is 0 Å². The fraction of sp³-hybridized carbons (Fsp3) is 0.525. The number of rotatable bonds is 36. The van der Waals surface area contributed by atoms with Crippen molar-refractivity contribution in [3.63, 3.8) is 0 Å². The van der Waals surface area contributed by atoms with E-state index in [0.29, 0.717) is 75.7 Å². The van der Waals surface area contributed by atoms with Gasteiger partial charge in [-0.05, 0) is 87.6 Å². The molecule has 4 amide bonds. The summed E-state index contributed by atoms with van der Waals surface area (Å²) >= 11 is 0. The maximum absolute atomic E-state index is 13.9. The van der Waals surface area contributed by atoms with Crippen LogP contribution in [0.3, 0.4) is 0 Å². The number of halogens is 1. The molecular formula is C80H109FN8O26Si2. The Morgan fingerprint density at radius 1 is 0.444 bits per heavy atom. The van der Waals surface area contributed by atoms with Gasteiger partial charge in [0.1, 0.15) is 34.3 Å². The highest BCUT2D eigenvalue weighted by atomic mass is 28.4. The number of nitrogens with zero attached hydrogens (tertiary/aromatic N) is 8. The number of hydrogen-bond donors (Lipinski definition) is 1. The Morgan fingerprint density at radius 3 is 0.940 bits per heavy atom. The van der Waals surface area contributed by atoms with Crippen LogP contribution in [0.4, 0.5) is 27.1 Å². The highest BCUT2D eigenvalue weighted by molar-refractivity contribution is 6.74. The Morgan fingerprint density at radius 2 is 0.692 bits per heavy atom. The second-order valence-corrected chi connectivity index (χ2v) is 41.1. The number of hydrogen-bond acceptors (Lipinski definition) is 25. The number of nitro benzene ring substituents is 4. The van der Waals surface area contributed by atoms with E-state index in [4.69, 9.17) is 52.9 Å². The lowest BCUT2D eigenvalue weighted by atomic mass is 10.1. The number of aliphatic carboxylic acids is 1. The average Bonchev–Trinajstić information content (AvgIpc) is 1.36. The Kier molecular flexibility index (Phi) is 32.8. The second kappa shape index (κ2) is 41.2. The predicted octanol–water partition coefficient (Wildman–Crippen LogP) is 14.3. The lowest BCUT2D eigenvalue weighted by molar-refractivity contribution is -0.385. The highest BCUT2D eigenvalue weighted by Crippen LogP contribution is 2.44. The van der Waals surface area contributed by atoms with E-state index in [1.54, 1.807) is 9.80 Å². The van der Waals surface area contributed by atoms with Crippen LogP contribution in [0.1, 0.15) is 149 Å². The monoisotopic (exact) mass is 1670 g/mol. The molecule has 4 heterocycles. The summed E-state index contributed by atoms with van der Waals surface area (Å²) in [4.78, 5) is 130. The molecule has 117 heavy (non-hydrogen) atoms. The number of carboxylic acid groups (broad SMARTS) is 1. The summed E-state index contributed by atoms with van der Waals surface area (Å²) in [5.74, 6) is -3.79. The van der Waals surface area contributed by atoms with Crippen LogP contribution in [0.2, 0.25) is 36.3 Å². The van der Waals surface area contributed by atoms with Gasteiger partial charge in [-0.2, -0.15) is 0 Å². The van der Waals surface area contributed by atoms with Crippen molar-refractivity contribution in [2.45, 2.75) is 166 Å². The number of carbonyl (C=O) groups excluding carboxylic acids is 5. The number of likely N-dealkylation sites (tertiary alicyclic amines) is 4. The zero-order valence-corrected chi connectivity index (χ0v) is 71.2. The van der Waals surface area contributed by atoms with Gasteiger partial charge in [0.2, 0.25) is 0 Å². The third-order valence-corrected chi connectivity index (χ3v) is 30.4. The number of amides is 4. The third kappa shape index (κ3) is 23.6. The summed E-state index contributed by atoms with van der Waals surface area (Å²) in [6.07, 6.45) is 4.39. The van der Waals surface area contributed by atoms with Crippen molar-refractivity contribution in [2.75, 3.05) is 109 Å². The van der Waals surface area contributed by atoms with Crippen molar-refractivity contribution in [1.29, 1.82) is 0 Å². The molecule has 4 saturated heterocycles. The van der Waals surface area contributed by atoms with Crippen molar-refractivity contribution in [1.82, 2.24) is 19.6 Å². The zero-order chi connectivity index (χ0) is 88.2. The van der Waals surface area contributed by atoms with Gasteiger partial charge in [0.15, 0.2) is 62.6 Å². The SMILES string of the molecule is C=C1C[C@@H](CO[Si](C)(C)C(C)(C)C)N(C(=O)c2cc(OC)c(OCCCCCOc3cc([N+](=O)[O-])c(C(=O)N4CC(=C)C[C@H]4C(=O)O)cc3OC)cc2[N+](=O)[O-])C1.C=C1C[C@@H](CO[Si](C)(C)C(C)(C)C)N(C(=O)c2cc(OC)c(OCCCCCOc3cc([N+](=O)[O-])c(C(=O)N4CC(=C)C[C@H]4C(=O)OC)cc3OC)cc2[N+](=O)[O-])C1.[2H]CF. The van der Waals surface area contributed by atoms with E-state index >= 15 is 0 Å². The van der Waals surface area contributed by atoms with Crippen molar-refractivity contribution >= 4 is 75.0 Å². The number of esters is 1. The topological polar surface area (TPSA) is 410 Å². The summed E-state index contributed by atoms with van der Waals surface area (Å²) in [5, 5.41) is 58.0. The van der Waals surface area contributed by atoms with Crippen molar-refractivity contribution in [2.24, 2.45) is 0 Å². The highest BCUT2D eigenvalue weighted by Gasteiger charge is 2.46. The predicted molar refractivity (Wildman–Crippen MR) is 436 cm³/mol. The number of carboxylic acids is 1. The van der Waals surface area contributed by atoms with Gasteiger partial charge in [-0.1, -0.05) is 90.2 Å². The first-order chi connectivity index (χ1) is 55.3. The van der Waals surface area contributed by atoms with Gasteiger partial charge in [-0.15, -0.1) is 0 Å². The minimum atomic E-state index is -2.13. The molecule has 4 aliphatic rings. The van der Waals surface area contributed by atoms with E-state index < -0.39 is 114 Å².